The average molecular weight is 309 g/mol. The summed E-state index contributed by atoms with van der Waals surface area (Å²) >= 11 is 0. The lowest BCUT2D eigenvalue weighted by atomic mass is 10.2. The molecular weight excluding hydrogens is 290 g/mol. The van der Waals surface area contributed by atoms with Crippen LogP contribution in [-0.2, 0) is 25.6 Å². The summed E-state index contributed by atoms with van der Waals surface area (Å²) < 4.78 is 15.9. The highest BCUT2D eigenvalue weighted by atomic mass is 16.6. The number of hydrogen-bond acceptors (Lipinski definition) is 6. The standard InChI is InChI=1S/C15H19NO6/c1-11(21-10-13-6-4-8-20-13)15(17)22-9-12-5-2-3-7-14(12)16(18)19/h2-3,5,7,11,13H,4,6,8-10H2,1H3. The molecular formula is C15H19NO6. The van der Waals surface area contributed by atoms with E-state index in [0.29, 0.717) is 12.2 Å². The number of hydrogen-bond donors (Lipinski definition) is 0. The van der Waals surface area contributed by atoms with Crippen LogP contribution in [0.4, 0.5) is 5.69 Å². The third-order valence-corrected chi connectivity index (χ3v) is 3.45. The number of nitrogens with zero attached hydrogens (tertiary/aromatic N) is 1. The minimum absolute atomic E-state index is 0.0328. The van der Waals surface area contributed by atoms with E-state index in [1.54, 1.807) is 25.1 Å². The zero-order chi connectivity index (χ0) is 15.9. The molecule has 0 aromatic heterocycles. The smallest absolute Gasteiger partial charge is 0.335 e. The van der Waals surface area contributed by atoms with Crippen LogP contribution in [0, 0.1) is 10.1 Å². The number of nitro groups is 1. The van der Waals surface area contributed by atoms with Gasteiger partial charge in [0, 0.05) is 12.7 Å². The van der Waals surface area contributed by atoms with Gasteiger partial charge in [-0.3, -0.25) is 10.1 Å². The molecule has 1 aliphatic heterocycles. The van der Waals surface area contributed by atoms with Crippen molar-refractivity contribution < 1.29 is 23.9 Å². The third kappa shape index (κ3) is 4.51. The number of rotatable bonds is 7. The molecule has 0 N–H and O–H groups in total. The zero-order valence-corrected chi connectivity index (χ0v) is 12.4. The Morgan fingerprint density at radius 3 is 2.95 bits per heavy atom. The summed E-state index contributed by atoms with van der Waals surface area (Å²) in [5.74, 6) is -0.545. The Kier molecular flexibility index (Phi) is 5.85. The fourth-order valence-electron chi connectivity index (χ4n) is 2.17. The molecule has 1 aromatic carbocycles. The fraction of sp³-hybridized carbons (Fsp3) is 0.533. The number of carbonyl (C=O) groups excluding carboxylic acids is 1. The van der Waals surface area contributed by atoms with E-state index in [1.165, 1.54) is 6.07 Å². The van der Waals surface area contributed by atoms with Crippen LogP contribution in [0.1, 0.15) is 25.3 Å². The monoisotopic (exact) mass is 309 g/mol. The molecule has 1 heterocycles. The Bertz CT molecular complexity index is 527. The summed E-state index contributed by atoms with van der Waals surface area (Å²) in [5.41, 5.74) is 0.287. The molecule has 1 fully saturated rings. The molecule has 0 aliphatic carbocycles. The van der Waals surface area contributed by atoms with Gasteiger partial charge in [0.05, 0.1) is 23.2 Å². The largest absolute Gasteiger partial charge is 0.459 e. The summed E-state index contributed by atoms with van der Waals surface area (Å²) in [4.78, 5) is 22.2. The first-order valence-corrected chi connectivity index (χ1v) is 7.20. The van der Waals surface area contributed by atoms with Gasteiger partial charge < -0.3 is 14.2 Å². The molecule has 1 aliphatic rings. The van der Waals surface area contributed by atoms with Gasteiger partial charge in [0.1, 0.15) is 6.61 Å². The molecule has 2 atom stereocenters. The van der Waals surface area contributed by atoms with Crippen molar-refractivity contribution in [1.82, 2.24) is 0 Å². The van der Waals surface area contributed by atoms with Crippen molar-refractivity contribution in [3.63, 3.8) is 0 Å². The summed E-state index contributed by atoms with van der Waals surface area (Å²) in [5, 5.41) is 10.9. The van der Waals surface area contributed by atoms with Crippen molar-refractivity contribution in [2.75, 3.05) is 13.2 Å². The molecule has 1 aromatic rings. The number of esters is 1. The normalized spacial score (nSPS) is 18.9. The molecule has 0 radical (unpaired) electrons. The Morgan fingerprint density at radius 2 is 2.27 bits per heavy atom. The lowest BCUT2D eigenvalue weighted by Gasteiger charge is -2.15. The van der Waals surface area contributed by atoms with E-state index in [9.17, 15) is 14.9 Å². The number of para-hydroxylation sites is 1. The summed E-state index contributed by atoms with van der Waals surface area (Å²) in [6, 6.07) is 6.16. The van der Waals surface area contributed by atoms with Crippen LogP contribution < -0.4 is 0 Å². The highest BCUT2D eigenvalue weighted by molar-refractivity contribution is 5.74. The van der Waals surface area contributed by atoms with Gasteiger partial charge in [0.15, 0.2) is 6.10 Å². The van der Waals surface area contributed by atoms with E-state index in [-0.39, 0.29) is 18.4 Å². The van der Waals surface area contributed by atoms with Crippen molar-refractivity contribution in [2.24, 2.45) is 0 Å². The van der Waals surface area contributed by atoms with Gasteiger partial charge in [-0.15, -0.1) is 0 Å². The molecule has 120 valence electrons. The Hall–Kier alpha value is -1.99. The highest BCUT2D eigenvalue weighted by Crippen LogP contribution is 2.19. The minimum Gasteiger partial charge on any atom is -0.459 e. The maximum atomic E-state index is 11.8. The van der Waals surface area contributed by atoms with Crippen LogP contribution in [0.2, 0.25) is 0 Å². The predicted octanol–water partition coefficient (Wildman–Crippen LogP) is 2.22. The average Bonchev–Trinajstić information content (AvgIpc) is 3.03. The SMILES string of the molecule is CC(OCC1CCCO1)C(=O)OCc1ccccc1[N+](=O)[O-]. The quantitative estimate of drug-likeness (QED) is 0.436. The van der Waals surface area contributed by atoms with E-state index >= 15 is 0 Å². The topological polar surface area (TPSA) is 87.9 Å². The van der Waals surface area contributed by atoms with Gasteiger partial charge in [-0.05, 0) is 25.8 Å². The van der Waals surface area contributed by atoms with Crippen LogP contribution >= 0.6 is 0 Å². The van der Waals surface area contributed by atoms with Crippen molar-refractivity contribution in [3.05, 3.63) is 39.9 Å². The van der Waals surface area contributed by atoms with Crippen LogP contribution in [0.5, 0.6) is 0 Å². The van der Waals surface area contributed by atoms with E-state index in [1.807, 2.05) is 0 Å². The Balaban J connectivity index is 1.80. The summed E-state index contributed by atoms with van der Waals surface area (Å²) in [6.07, 6.45) is 1.24. The van der Waals surface area contributed by atoms with Crippen LogP contribution in [0.25, 0.3) is 0 Å². The Labute approximate surface area is 128 Å². The second kappa shape index (κ2) is 7.86. The molecule has 0 saturated carbocycles. The van der Waals surface area contributed by atoms with Crippen molar-refractivity contribution >= 4 is 11.7 Å². The summed E-state index contributed by atoms with van der Waals surface area (Å²) in [7, 11) is 0. The lowest BCUT2D eigenvalue weighted by molar-refractivity contribution is -0.385. The summed E-state index contributed by atoms with van der Waals surface area (Å²) in [6.45, 7) is 2.52. The van der Waals surface area contributed by atoms with Crippen LogP contribution in [-0.4, -0.2) is 36.3 Å². The highest BCUT2D eigenvalue weighted by Gasteiger charge is 2.21. The first-order chi connectivity index (χ1) is 10.6. The molecule has 2 rings (SSSR count). The first-order valence-electron chi connectivity index (χ1n) is 7.20. The zero-order valence-electron chi connectivity index (χ0n) is 12.4. The fourth-order valence-corrected chi connectivity index (χ4v) is 2.17. The lowest BCUT2D eigenvalue weighted by Crippen LogP contribution is -2.27. The number of benzene rings is 1. The second-order valence-corrected chi connectivity index (χ2v) is 5.10. The van der Waals surface area contributed by atoms with Crippen molar-refractivity contribution in [1.29, 1.82) is 0 Å². The molecule has 22 heavy (non-hydrogen) atoms. The van der Waals surface area contributed by atoms with E-state index in [2.05, 4.69) is 0 Å². The maximum absolute atomic E-state index is 11.8. The molecule has 7 heteroatoms. The molecule has 7 nitrogen and oxygen atoms in total. The molecule has 0 spiro atoms. The van der Waals surface area contributed by atoms with E-state index in [4.69, 9.17) is 14.2 Å². The minimum atomic E-state index is -0.730. The molecule has 0 amide bonds. The third-order valence-electron chi connectivity index (χ3n) is 3.45. The maximum Gasteiger partial charge on any atom is 0.335 e. The number of ether oxygens (including phenoxy) is 3. The van der Waals surface area contributed by atoms with Gasteiger partial charge in [-0.2, -0.15) is 0 Å². The predicted molar refractivity (Wildman–Crippen MR) is 77.3 cm³/mol. The first kappa shape index (κ1) is 16.4. The van der Waals surface area contributed by atoms with Gasteiger partial charge in [-0.25, -0.2) is 4.79 Å². The van der Waals surface area contributed by atoms with E-state index in [0.717, 1.165) is 19.4 Å². The number of carbonyl (C=O) groups is 1. The van der Waals surface area contributed by atoms with Gasteiger partial charge in [0.25, 0.3) is 5.69 Å². The van der Waals surface area contributed by atoms with Gasteiger partial charge in [0.2, 0.25) is 0 Å². The molecule has 1 saturated heterocycles. The Morgan fingerprint density at radius 1 is 1.50 bits per heavy atom. The van der Waals surface area contributed by atoms with Crippen molar-refractivity contribution in [3.8, 4) is 0 Å². The van der Waals surface area contributed by atoms with Gasteiger partial charge >= 0.3 is 5.97 Å². The molecule has 2 unspecified atom stereocenters. The second-order valence-electron chi connectivity index (χ2n) is 5.10. The van der Waals surface area contributed by atoms with Crippen molar-refractivity contribution in [2.45, 2.75) is 38.6 Å². The van der Waals surface area contributed by atoms with Gasteiger partial charge in [-0.1, -0.05) is 12.1 Å². The van der Waals surface area contributed by atoms with E-state index < -0.39 is 17.0 Å². The van der Waals surface area contributed by atoms with Crippen LogP contribution in [0.15, 0.2) is 24.3 Å². The molecule has 0 bridgehead atoms. The van der Waals surface area contributed by atoms with Crippen LogP contribution in [0.3, 0.4) is 0 Å². The number of nitro benzene ring substituents is 1.